The van der Waals surface area contributed by atoms with Gasteiger partial charge in [-0.2, -0.15) is 0 Å². The van der Waals surface area contributed by atoms with Gasteiger partial charge in [0.05, 0.1) is 5.41 Å². The summed E-state index contributed by atoms with van der Waals surface area (Å²) in [7, 11) is 0. The molecule has 0 aliphatic rings. The molecule has 32 heavy (non-hydrogen) atoms. The molecule has 0 saturated heterocycles. The topological polar surface area (TPSA) is 17.1 Å². The van der Waals surface area contributed by atoms with Crippen LogP contribution in [-0.2, 0) is 11.8 Å². The van der Waals surface area contributed by atoms with Crippen LogP contribution in [0.4, 0.5) is 4.39 Å². The fourth-order valence-electron chi connectivity index (χ4n) is 4.17. The number of Topliss-reactive ketones (excluding diaryl/α,β-unsaturated/α-hetero) is 1. The second-order valence-corrected chi connectivity index (χ2v) is 7.97. The van der Waals surface area contributed by atoms with Gasteiger partial charge in [-0.25, -0.2) is 4.39 Å². The molecule has 0 amide bonds. The Hall–Kier alpha value is -3.78. The van der Waals surface area contributed by atoms with Crippen LogP contribution < -0.4 is 0 Å². The van der Waals surface area contributed by atoms with Crippen molar-refractivity contribution in [2.75, 3.05) is 0 Å². The Morgan fingerprint density at radius 1 is 0.750 bits per heavy atom. The van der Waals surface area contributed by atoms with E-state index in [1.54, 1.807) is 6.07 Å². The molecule has 1 atom stereocenters. The highest BCUT2D eigenvalue weighted by atomic mass is 19.1. The molecule has 1 nitrogen and oxygen atoms in total. The Morgan fingerprint density at radius 3 is 2.03 bits per heavy atom. The van der Waals surface area contributed by atoms with Crippen LogP contribution in [0.2, 0.25) is 0 Å². The lowest BCUT2D eigenvalue weighted by atomic mass is 9.68. The lowest BCUT2D eigenvalue weighted by Gasteiger charge is -2.33. The minimum atomic E-state index is -0.859. The number of carbonyl (C=O) groups is 1. The van der Waals surface area contributed by atoms with Crippen molar-refractivity contribution in [1.82, 2.24) is 0 Å². The average molecular weight is 421 g/mol. The van der Waals surface area contributed by atoms with Crippen molar-refractivity contribution in [3.05, 3.63) is 149 Å². The third-order valence-electron chi connectivity index (χ3n) is 5.77. The summed E-state index contributed by atoms with van der Waals surface area (Å²) in [6.07, 6.45) is 5.00. The monoisotopic (exact) mass is 420 g/mol. The van der Waals surface area contributed by atoms with Gasteiger partial charge in [0, 0.05) is 5.56 Å². The Morgan fingerprint density at radius 2 is 1.38 bits per heavy atom. The highest BCUT2D eigenvalue weighted by molar-refractivity contribution is 6.04. The van der Waals surface area contributed by atoms with Crippen LogP contribution in [0, 0.1) is 5.82 Å². The molecule has 1 unspecified atom stereocenters. The number of allylic oxidation sites excluding steroid dienone is 1. The van der Waals surface area contributed by atoms with E-state index < -0.39 is 5.41 Å². The van der Waals surface area contributed by atoms with Crippen molar-refractivity contribution in [2.45, 2.75) is 18.3 Å². The summed E-state index contributed by atoms with van der Waals surface area (Å²) in [4.78, 5) is 14.1. The molecule has 2 heteroatoms. The normalized spacial score (nSPS) is 13.0. The molecule has 158 valence electrons. The highest BCUT2D eigenvalue weighted by Gasteiger charge is 2.39. The van der Waals surface area contributed by atoms with Crippen LogP contribution in [0.15, 0.2) is 121 Å². The molecule has 0 spiro atoms. The van der Waals surface area contributed by atoms with Gasteiger partial charge < -0.3 is 0 Å². The van der Waals surface area contributed by atoms with Gasteiger partial charge in [0.15, 0.2) is 5.78 Å². The molecule has 0 radical (unpaired) electrons. The lowest BCUT2D eigenvalue weighted by molar-refractivity contribution is 0.0882. The first-order valence-electron chi connectivity index (χ1n) is 10.8. The van der Waals surface area contributed by atoms with Gasteiger partial charge in [-0.3, -0.25) is 4.79 Å². The van der Waals surface area contributed by atoms with E-state index in [9.17, 15) is 9.18 Å². The molecule has 4 aromatic carbocycles. The van der Waals surface area contributed by atoms with E-state index in [1.807, 2.05) is 103 Å². The molecular weight excluding hydrogens is 395 g/mol. The summed E-state index contributed by atoms with van der Waals surface area (Å²) >= 11 is 0. The largest absolute Gasteiger partial charge is 0.293 e. The third kappa shape index (κ3) is 4.92. The van der Waals surface area contributed by atoms with E-state index >= 15 is 0 Å². The van der Waals surface area contributed by atoms with Crippen molar-refractivity contribution in [1.29, 1.82) is 0 Å². The molecule has 0 saturated carbocycles. The van der Waals surface area contributed by atoms with Crippen LogP contribution in [0.3, 0.4) is 0 Å². The number of carbonyl (C=O) groups excluding carboxylic acids is 1. The number of halogens is 1. The van der Waals surface area contributed by atoms with Crippen molar-refractivity contribution in [3.63, 3.8) is 0 Å². The lowest BCUT2D eigenvalue weighted by Crippen LogP contribution is -2.38. The standard InChI is InChI=1S/C30H25FO/c31-28-20-10-14-25(22-28)23-30(27-18-8-3-9-19-27,29(32)26-16-6-2-7-17-26)21-11-15-24-12-4-1-5-13-24/h1-20,22H,21,23H2/b15-11+. The number of rotatable bonds is 8. The molecule has 0 fully saturated rings. The van der Waals surface area contributed by atoms with Crippen molar-refractivity contribution >= 4 is 11.9 Å². The molecule has 4 aromatic rings. The minimum Gasteiger partial charge on any atom is -0.293 e. The van der Waals surface area contributed by atoms with Crippen LogP contribution >= 0.6 is 0 Å². The first-order chi connectivity index (χ1) is 15.7. The molecule has 0 aliphatic heterocycles. The van der Waals surface area contributed by atoms with Gasteiger partial charge in [0.25, 0.3) is 0 Å². The maximum Gasteiger partial charge on any atom is 0.174 e. The fraction of sp³-hybridized carbons (Fsp3) is 0.100. The van der Waals surface area contributed by atoms with Gasteiger partial charge in [0.2, 0.25) is 0 Å². The van der Waals surface area contributed by atoms with Gasteiger partial charge in [-0.15, -0.1) is 0 Å². The first kappa shape index (κ1) is 21.5. The molecule has 0 heterocycles. The average Bonchev–Trinajstić information content (AvgIpc) is 2.85. The quantitative estimate of drug-likeness (QED) is 0.274. The van der Waals surface area contributed by atoms with E-state index in [4.69, 9.17) is 0 Å². The first-order valence-corrected chi connectivity index (χ1v) is 10.8. The molecule has 0 aliphatic carbocycles. The second kappa shape index (κ2) is 10.0. The maximum atomic E-state index is 14.1. The van der Waals surface area contributed by atoms with E-state index in [-0.39, 0.29) is 11.6 Å². The van der Waals surface area contributed by atoms with E-state index in [2.05, 4.69) is 6.08 Å². The smallest absolute Gasteiger partial charge is 0.174 e. The van der Waals surface area contributed by atoms with Crippen LogP contribution in [0.1, 0.15) is 33.5 Å². The van der Waals surface area contributed by atoms with Gasteiger partial charge in [-0.05, 0) is 41.7 Å². The van der Waals surface area contributed by atoms with Gasteiger partial charge in [0.1, 0.15) is 5.82 Å². The summed E-state index contributed by atoms with van der Waals surface area (Å²) in [5.74, 6) is -0.261. The SMILES string of the molecule is O=C(c1ccccc1)C(C/C=C/c1ccccc1)(Cc1cccc(F)c1)c1ccccc1. The summed E-state index contributed by atoms with van der Waals surface area (Å²) in [5.41, 5.74) is 2.59. The number of hydrogen-bond donors (Lipinski definition) is 0. The zero-order chi connectivity index (χ0) is 22.2. The number of hydrogen-bond acceptors (Lipinski definition) is 1. The van der Waals surface area contributed by atoms with E-state index in [0.717, 1.165) is 16.7 Å². The zero-order valence-corrected chi connectivity index (χ0v) is 17.8. The molecule has 0 bridgehead atoms. The van der Waals surface area contributed by atoms with E-state index in [1.165, 1.54) is 12.1 Å². The Balaban J connectivity index is 1.82. The molecule has 0 aromatic heterocycles. The number of ketones is 1. The third-order valence-corrected chi connectivity index (χ3v) is 5.77. The fourth-order valence-corrected chi connectivity index (χ4v) is 4.17. The summed E-state index contributed by atoms with van der Waals surface area (Å²) < 4.78 is 14.0. The Kier molecular flexibility index (Phi) is 6.72. The summed E-state index contributed by atoms with van der Waals surface area (Å²) in [6.45, 7) is 0. The van der Waals surface area contributed by atoms with Gasteiger partial charge in [-0.1, -0.05) is 115 Å². The predicted octanol–water partition coefficient (Wildman–Crippen LogP) is 7.29. The Labute approximate surface area is 188 Å². The second-order valence-electron chi connectivity index (χ2n) is 7.97. The molecule has 4 rings (SSSR count). The van der Waals surface area contributed by atoms with Gasteiger partial charge >= 0.3 is 0 Å². The van der Waals surface area contributed by atoms with Crippen LogP contribution in [0.5, 0.6) is 0 Å². The zero-order valence-electron chi connectivity index (χ0n) is 17.8. The summed E-state index contributed by atoms with van der Waals surface area (Å²) in [6, 6.07) is 35.8. The Bertz CT molecular complexity index is 1180. The maximum absolute atomic E-state index is 14.1. The minimum absolute atomic E-state index is 0.0336. The van der Waals surface area contributed by atoms with Crippen molar-refractivity contribution in [2.24, 2.45) is 0 Å². The predicted molar refractivity (Wildman–Crippen MR) is 129 cm³/mol. The molecular formula is C30H25FO. The molecule has 0 N–H and O–H groups in total. The van der Waals surface area contributed by atoms with Crippen molar-refractivity contribution < 1.29 is 9.18 Å². The highest BCUT2D eigenvalue weighted by Crippen LogP contribution is 2.37. The van der Waals surface area contributed by atoms with Crippen LogP contribution in [0.25, 0.3) is 6.08 Å². The van der Waals surface area contributed by atoms with E-state index in [0.29, 0.717) is 18.4 Å². The van der Waals surface area contributed by atoms with Crippen molar-refractivity contribution in [3.8, 4) is 0 Å². The number of benzene rings is 4. The van der Waals surface area contributed by atoms with Crippen LogP contribution in [-0.4, -0.2) is 5.78 Å². The summed E-state index contributed by atoms with van der Waals surface area (Å²) in [5, 5.41) is 0.